The van der Waals surface area contributed by atoms with E-state index in [1.54, 1.807) is 0 Å². The van der Waals surface area contributed by atoms with Crippen LogP contribution in [0.5, 0.6) is 0 Å². The smallest absolute Gasteiger partial charge is 0.0670 e. The average molecular weight is 247 g/mol. The van der Waals surface area contributed by atoms with E-state index in [1.807, 2.05) is 31.2 Å². The maximum Gasteiger partial charge on any atom is 0.0670 e. The minimum absolute atomic E-state index is 0.0719. The minimum Gasteiger partial charge on any atom is -0.392 e. The summed E-state index contributed by atoms with van der Waals surface area (Å²) in [7, 11) is 0. The van der Waals surface area contributed by atoms with Crippen molar-refractivity contribution in [3.8, 4) is 0 Å². The van der Waals surface area contributed by atoms with Crippen molar-refractivity contribution in [1.29, 1.82) is 0 Å². The molecular formula is C16H25NO. The fourth-order valence-electron chi connectivity index (χ4n) is 2.29. The monoisotopic (exact) mass is 247 g/mol. The van der Waals surface area contributed by atoms with Gasteiger partial charge in [0.25, 0.3) is 0 Å². The van der Waals surface area contributed by atoms with E-state index in [9.17, 15) is 5.11 Å². The number of aliphatic hydroxyl groups excluding tert-OH is 1. The first-order valence-corrected chi connectivity index (χ1v) is 6.77. The molecule has 18 heavy (non-hydrogen) atoms. The summed E-state index contributed by atoms with van der Waals surface area (Å²) < 4.78 is 0. The third-order valence-electron chi connectivity index (χ3n) is 3.29. The molecule has 0 radical (unpaired) electrons. The summed E-state index contributed by atoms with van der Waals surface area (Å²) >= 11 is 0. The lowest BCUT2D eigenvalue weighted by Crippen LogP contribution is -2.43. The summed E-state index contributed by atoms with van der Waals surface area (Å²) in [6, 6.07) is 10.3. The van der Waals surface area contributed by atoms with Crippen molar-refractivity contribution in [1.82, 2.24) is 5.32 Å². The maximum absolute atomic E-state index is 9.91. The zero-order valence-electron chi connectivity index (χ0n) is 11.5. The molecule has 0 saturated heterocycles. The first-order valence-electron chi connectivity index (χ1n) is 6.77. The standard InChI is InChI=1S/C16H25NO/c1-4-9-15(5-2)16(13(3)18)17-12-14-10-7-6-8-11-14/h5-8,10-11,13,15-18H,2,4,9,12H2,1,3H3/t13-,15+,16-/m1/s1. The highest BCUT2D eigenvalue weighted by molar-refractivity contribution is 5.14. The number of rotatable bonds is 8. The molecule has 1 aromatic rings. The molecule has 3 atom stereocenters. The number of hydrogen-bond acceptors (Lipinski definition) is 2. The van der Waals surface area contributed by atoms with Gasteiger partial charge in [0.1, 0.15) is 0 Å². The van der Waals surface area contributed by atoms with Gasteiger partial charge >= 0.3 is 0 Å². The second-order valence-corrected chi connectivity index (χ2v) is 4.82. The zero-order chi connectivity index (χ0) is 13.4. The van der Waals surface area contributed by atoms with E-state index in [4.69, 9.17) is 0 Å². The van der Waals surface area contributed by atoms with Gasteiger partial charge in [-0.15, -0.1) is 6.58 Å². The van der Waals surface area contributed by atoms with Crippen molar-refractivity contribution >= 4 is 0 Å². The Kier molecular flexibility index (Phi) is 6.69. The lowest BCUT2D eigenvalue weighted by atomic mass is 9.91. The van der Waals surface area contributed by atoms with Gasteiger partial charge in [0, 0.05) is 12.6 Å². The van der Waals surface area contributed by atoms with Crippen LogP contribution in [0, 0.1) is 5.92 Å². The van der Waals surface area contributed by atoms with Crippen molar-refractivity contribution in [3.63, 3.8) is 0 Å². The third-order valence-corrected chi connectivity index (χ3v) is 3.29. The summed E-state index contributed by atoms with van der Waals surface area (Å²) in [4.78, 5) is 0. The highest BCUT2D eigenvalue weighted by Gasteiger charge is 2.22. The number of hydrogen-bond donors (Lipinski definition) is 2. The Labute approximate surface area is 111 Å². The highest BCUT2D eigenvalue weighted by atomic mass is 16.3. The van der Waals surface area contributed by atoms with Crippen molar-refractivity contribution in [2.45, 2.75) is 45.4 Å². The summed E-state index contributed by atoms with van der Waals surface area (Å²) in [6.07, 6.45) is 3.75. The molecular weight excluding hydrogens is 222 g/mol. The lowest BCUT2D eigenvalue weighted by Gasteiger charge is -2.28. The van der Waals surface area contributed by atoms with Crippen LogP contribution in [0.1, 0.15) is 32.3 Å². The van der Waals surface area contributed by atoms with Gasteiger partial charge in [0.2, 0.25) is 0 Å². The predicted molar refractivity (Wildman–Crippen MR) is 77.3 cm³/mol. The van der Waals surface area contributed by atoms with Gasteiger partial charge in [0.15, 0.2) is 0 Å². The average Bonchev–Trinajstić information content (AvgIpc) is 2.38. The Bertz CT molecular complexity index is 334. The molecule has 0 fully saturated rings. The molecule has 0 aliphatic rings. The quantitative estimate of drug-likeness (QED) is 0.692. The molecule has 0 unspecified atom stereocenters. The Morgan fingerprint density at radius 2 is 2.00 bits per heavy atom. The van der Waals surface area contributed by atoms with E-state index >= 15 is 0 Å². The molecule has 100 valence electrons. The number of benzene rings is 1. The van der Waals surface area contributed by atoms with Gasteiger partial charge in [-0.05, 0) is 24.8 Å². The van der Waals surface area contributed by atoms with Gasteiger partial charge < -0.3 is 10.4 Å². The van der Waals surface area contributed by atoms with Crippen LogP contribution in [-0.2, 0) is 6.54 Å². The zero-order valence-corrected chi connectivity index (χ0v) is 11.5. The first kappa shape index (κ1) is 14.9. The fraction of sp³-hybridized carbons (Fsp3) is 0.500. The van der Waals surface area contributed by atoms with Gasteiger partial charge in [-0.25, -0.2) is 0 Å². The van der Waals surface area contributed by atoms with E-state index < -0.39 is 0 Å². The van der Waals surface area contributed by atoms with Gasteiger partial charge in [-0.1, -0.05) is 49.8 Å². The fourth-order valence-corrected chi connectivity index (χ4v) is 2.29. The van der Waals surface area contributed by atoms with Crippen LogP contribution in [0.15, 0.2) is 43.0 Å². The lowest BCUT2D eigenvalue weighted by molar-refractivity contribution is 0.120. The molecule has 1 aromatic carbocycles. The molecule has 2 nitrogen and oxygen atoms in total. The van der Waals surface area contributed by atoms with Crippen molar-refractivity contribution < 1.29 is 5.11 Å². The summed E-state index contributed by atoms with van der Waals surface area (Å²) in [6.45, 7) is 8.67. The van der Waals surface area contributed by atoms with Crippen LogP contribution in [-0.4, -0.2) is 17.3 Å². The van der Waals surface area contributed by atoms with E-state index in [0.717, 1.165) is 19.4 Å². The van der Waals surface area contributed by atoms with E-state index in [-0.39, 0.29) is 12.1 Å². The van der Waals surface area contributed by atoms with Gasteiger partial charge in [-0.3, -0.25) is 0 Å². The van der Waals surface area contributed by atoms with Gasteiger partial charge in [0.05, 0.1) is 6.10 Å². The Morgan fingerprint density at radius 1 is 1.33 bits per heavy atom. The van der Waals surface area contributed by atoms with Crippen molar-refractivity contribution in [2.24, 2.45) is 5.92 Å². The summed E-state index contributed by atoms with van der Waals surface area (Å²) in [5, 5.41) is 13.4. The van der Waals surface area contributed by atoms with Crippen molar-refractivity contribution in [2.75, 3.05) is 0 Å². The molecule has 0 aliphatic heterocycles. The molecule has 0 amide bonds. The Hall–Kier alpha value is -1.12. The molecule has 2 heteroatoms. The minimum atomic E-state index is -0.372. The van der Waals surface area contributed by atoms with Crippen LogP contribution in [0.3, 0.4) is 0 Å². The molecule has 0 aliphatic carbocycles. The first-order chi connectivity index (χ1) is 8.69. The van der Waals surface area contributed by atoms with Crippen LogP contribution in [0.2, 0.25) is 0 Å². The molecule has 1 rings (SSSR count). The Morgan fingerprint density at radius 3 is 2.50 bits per heavy atom. The summed E-state index contributed by atoms with van der Waals surface area (Å²) in [5.41, 5.74) is 1.24. The van der Waals surface area contributed by atoms with Crippen LogP contribution >= 0.6 is 0 Å². The molecule has 2 N–H and O–H groups in total. The molecule has 0 bridgehead atoms. The van der Waals surface area contributed by atoms with Crippen LogP contribution < -0.4 is 5.32 Å². The molecule has 0 saturated carbocycles. The van der Waals surface area contributed by atoms with Gasteiger partial charge in [-0.2, -0.15) is 0 Å². The van der Waals surface area contributed by atoms with E-state index in [1.165, 1.54) is 5.56 Å². The SMILES string of the molecule is C=C[C@@H](CCC)[C@H](NCc1ccccc1)[C@@H](C)O. The molecule has 0 heterocycles. The topological polar surface area (TPSA) is 32.3 Å². The maximum atomic E-state index is 9.91. The van der Waals surface area contributed by atoms with E-state index in [0.29, 0.717) is 5.92 Å². The second-order valence-electron chi connectivity index (χ2n) is 4.82. The Balaban J connectivity index is 2.60. The number of aliphatic hydroxyl groups is 1. The van der Waals surface area contributed by atoms with Crippen molar-refractivity contribution in [3.05, 3.63) is 48.6 Å². The number of nitrogens with one attached hydrogen (secondary N) is 1. The largest absolute Gasteiger partial charge is 0.392 e. The normalized spacial score (nSPS) is 15.9. The van der Waals surface area contributed by atoms with Crippen LogP contribution in [0.25, 0.3) is 0 Å². The molecule has 0 aromatic heterocycles. The highest BCUT2D eigenvalue weighted by Crippen LogP contribution is 2.16. The molecule has 0 spiro atoms. The third kappa shape index (κ3) is 4.63. The van der Waals surface area contributed by atoms with E-state index in [2.05, 4.69) is 31.0 Å². The summed E-state index contributed by atoms with van der Waals surface area (Å²) in [5.74, 6) is 0.318. The predicted octanol–water partition coefficient (Wildman–Crippen LogP) is 3.13. The second kappa shape index (κ2) is 8.06. The van der Waals surface area contributed by atoms with Crippen LogP contribution in [0.4, 0.5) is 0 Å².